The first-order valence-electron chi connectivity index (χ1n) is 9.47. The van der Waals surface area contributed by atoms with Gasteiger partial charge >= 0.3 is 0 Å². The number of benzene rings is 3. The normalized spacial score (nSPS) is 12.8. The third-order valence-corrected chi connectivity index (χ3v) is 6.55. The van der Waals surface area contributed by atoms with Crippen LogP contribution in [0.3, 0.4) is 0 Å². The molecule has 0 radical (unpaired) electrons. The molecule has 0 saturated heterocycles. The zero-order valence-corrected chi connectivity index (χ0v) is 17.1. The lowest BCUT2D eigenvalue weighted by Gasteiger charge is -2.14. The molecule has 0 atom stereocenters. The number of aryl methyl sites for hydroxylation is 2. The molecule has 3 aromatic carbocycles. The molecule has 1 aliphatic carbocycles. The van der Waals surface area contributed by atoms with Crippen LogP contribution in [0.4, 0.5) is 5.69 Å². The highest BCUT2D eigenvalue weighted by Crippen LogP contribution is 2.36. The summed E-state index contributed by atoms with van der Waals surface area (Å²) >= 11 is 0. The third-order valence-electron chi connectivity index (χ3n) is 5.18. The Bertz CT molecular complexity index is 1210. The molecule has 0 aromatic heterocycles. The van der Waals surface area contributed by atoms with E-state index in [0.717, 1.165) is 23.6 Å². The fraction of sp³-hybridized carbons (Fsp3) is 0.227. The quantitative estimate of drug-likeness (QED) is 0.651. The molecule has 3 aromatic rings. The second kappa shape index (κ2) is 7.40. The van der Waals surface area contributed by atoms with E-state index >= 15 is 0 Å². The van der Waals surface area contributed by atoms with E-state index in [2.05, 4.69) is 16.1 Å². The first-order chi connectivity index (χ1) is 13.9. The van der Waals surface area contributed by atoms with Crippen LogP contribution in [0.1, 0.15) is 28.4 Å². The predicted molar refractivity (Wildman–Crippen MR) is 113 cm³/mol. The Hall–Kier alpha value is -3.06. The zero-order chi connectivity index (χ0) is 20.6. The molecule has 0 spiro atoms. The summed E-state index contributed by atoms with van der Waals surface area (Å²) in [6.45, 7) is 2.22. The monoisotopic (exact) mass is 410 g/mol. The predicted octanol–water partition coefficient (Wildman–Crippen LogP) is 3.50. The van der Waals surface area contributed by atoms with Crippen LogP contribution < -0.4 is 14.8 Å². The fourth-order valence-electron chi connectivity index (χ4n) is 3.83. The second-order valence-corrected chi connectivity index (χ2v) is 8.62. The van der Waals surface area contributed by atoms with Crippen molar-refractivity contribution in [2.75, 3.05) is 18.4 Å². The van der Waals surface area contributed by atoms with Crippen LogP contribution >= 0.6 is 0 Å². The van der Waals surface area contributed by atoms with Crippen molar-refractivity contribution in [1.29, 1.82) is 0 Å². The molecular weight excluding hydrogens is 388 g/mol. The van der Waals surface area contributed by atoms with E-state index in [1.807, 2.05) is 18.2 Å². The number of amides is 1. The summed E-state index contributed by atoms with van der Waals surface area (Å²) in [6.07, 6.45) is 1.94. The van der Waals surface area contributed by atoms with Crippen molar-refractivity contribution < 1.29 is 17.9 Å². The largest absolute Gasteiger partial charge is 0.496 e. The maximum absolute atomic E-state index is 13.1. The average Bonchev–Trinajstić information content (AvgIpc) is 3.14. The number of methoxy groups -OCH3 is 1. The molecule has 1 amide bonds. The van der Waals surface area contributed by atoms with Crippen molar-refractivity contribution in [3.05, 3.63) is 65.2 Å². The number of carbonyl (C=O) groups excluding carboxylic acids is 1. The van der Waals surface area contributed by atoms with Crippen LogP contribution in [0.5, 0.6) is 5.75 Å². The molecule has 150 valence electrons. The Morgan fingerprint density at radius 3 is 2.55 bits per heavy atom. The average molecular weight is 410 g/mol. The minimum atomic E-state index is -3.89. The smallest absolute Gasteiger partial charge is 0.261 e. The summed E-state index contributed by atoms with van der Waals surface area (Å²) in [5.74, 6) is -0.0630. The highest BCUT2D eigenvalue weighted by atomic mass is 32.2. The van der Waals surface area contributed by atoms with Crippen LogP contribution in [0, 0.1) is 0 Å². The van der Waals surface area contributed by atoms with Gasteiger partial charge in [0, 0.05) is 11.9 Å². The van der Waals surface area contributed by atoms with Gasteiger partial charge in [-0.3, -0.25) is 9.52 Å². The van der Waals surface area contributed by atoms with E-state index in [1.54, 1.807) is 13.0 Å². The topological polar surface area (TPSA) is 84.5 Å². The van der Waals surface area contributed by atoms with Gasteiger partial charge in [0.25, 0.3) is 15.9 Å². The molecule has 0 bridgehead atoms. The molecule has 7 heteroatoms. The van der Waals surface area contributed by atoms with Crippen molar-refractivity contribution in [1.82, 2.24) is 5.32 Å². The lowest BCUT2D eigenvalue weighted by atomic mass is 10.0. The molecule has 6 nitrogen and oxygen atoms in total. The number of nitrogens with one attached hydrogen (secondary N) is 2. The van der Waals surface area contributed by atoms with Gasteiger partial charge in [0.2, 0.25) is 0 Å². The minimum absolute atomic E-state index is 0.00260. The van der Waals surface area contributed by atoms with Gasteiger partial charge in [-0.2, -0.15) is 0 Å². The summed E-state index contributed by atoms with van der Waals surface area (Å²) in [6, 6.07) is 14.0. The van der Waals surface area contributed by atoms with Crippen LogP contribution in [-0.4, -0.2) is 28.0 Å². The standard InChI is InChI=1S/C22H22N2O4S/c1-3-23-22(25)18-13-16(10-12-20(18)28-2)29(26,27)24-19-11-9-15-8-7-14-5-4-6-17(19)21(14)15/h4-6,9-13,24H,3,7-8H2,1-2H3,(H,23,25). The number of hydrogen-bond acceptors (Lipinski definition) is 4. The van der Waals surface area contributed by atoms with Gasteiger partial charge < -0.3 is 10.1 Å². The summed E-state index contributed by atoms with van der Waals surface area (Å²) in [5.41, 5.74) is 3.18. The Kier molecular flexibility index (Phi) is 4.92. The van der Waals surface area contributed by atoms with Gasteiger partial charge in [-0.05, 0) is 60.5 Å². The molecule has 4 rings (SSSR count). The van der Waals surface area contributed by atoms with Crippen molar-refractivity contribution >= 4 is 32.4 Å². The van der Waals surface area contributed by atoms with Crippen molar-refractivity contribution in [3.63, 3.8) is 0 Å². The summed E-state index contributed by atoms with van der Waals surface area (Å²) < 4.78 is 34.1. The lowest BCUT2D eigenvalue weighted by molar-refractivity contribution is 0.0952. The maximum atomic E-state index is 13.1. The van der Waals surface area contributed by atoms with Gasteiger partial charge in [0.1, 0.15) is 5.75 Å². The molecule has 0 aliphatic heterocycles. The van der Waals surface area contributed by atoms with E-state index in [-0.39, 0.29) is 16.4 Å². The van der Waals surface area contributed by atoms with Crippen LogP contribution in [0.2, 0.25) is 0 Å². The van der Waals surface area contributed by atoms with Crippen LogP contribution in [0.25, 0.3) is 10.8 Å². The number of anilines is 1. The fourth-order valence-corrected chi connectivity index (χ4v) is 4.93. The van der Waals surface area contributed by atoms with Crippen molar-refractivity contribution in [3.8, 4) is 5.75 Å². The Morgan fingerprint density at radius 1 is 1.07 bits per heavy atom. The number of rotatable bonds is 6. The zero-order valence-electron chi connectivity index (χ0n) is 16.3. The van der Waals surface area contributed by atoms with Gasteiger partial charge in [0.15, 0.2) is 0 Å². The van der Waals surface area contributed by atoms with E-state index in [4.69, 9.17) is 4.74 Å². The molecule has 0 saturated carbocycles. The molecule has 0 heterocycles. The molecule has 0 fully saturated rings. The van der Waals surface area contributed by atoms with Crippen molar-refractivity contribution in [2.45, 2.75) is 24.7 Å². The number of carbonyl (C=O) groups is 1. The number of sulfonamides is 1. The Labute approximate surface area is 169 Å². The van der Waals surface area contributed by atoms with E-state index in [1.165, 1.54) is 36.4 Å². The van der Waals surface area contributed by atoms with Crippen LogP contribution in [0.15, 0.2) is 53.4 Å². The number of hydrogen-bond donors (Lipinski definition) is 2. The lowest BCUT2D eigenvalue weighted by Crippen LogP contribution is -2.24. The molecule has 0 unspecified atom stereocenters. The van der Waals surface area contributed by atoms with Crippen molar-refractivity contribution in [2.24, 2.45) is 0 Å². The third kappa shape index (κ3) is 3.42. The summed E-state index contributed by atoms with van der Waals surface area (Å²) in [7, 11) is -2.45. The number of ether oxygens (including phenoxy) is 1. The molecule has 29 heavy (non-hydrogen) atoms. The van der Waals surface area contributed by atoms with E-state index in [9.17, 15) is 13.2 Å². The molecular formula is C22H22N2O4S. The SMILES string of the molecule is CCNC(=O)c1cc(S(=O)(=O)Nc2ccc3c4c(cccc24)CC3)ccc1OC. The first-order valence-corrected chi connectivity index (χ1v) is 11.0. The molecule has 2 N–H and O–H groups in total. The van der Waals surface area contributed by atoms with Gasteiger partial charge in [-0.15, -0.1) is 0 Å². The maximum Gasteiger partial charge on any atom is 0.261 e. The van der Waals surface area contributed by atoms with E-state index < -0.39 is 10.0 Å². The molecule has 1 aliphatic rings. The van der Waals surface area contributed by atoms with Gasteiger partial charge in [-0.1, -0.05) is 24.3 Å². The van der Waals surface area contributed by atoms with E-state index in [0.29, 0.717) is 18.0 Å². The first kappa shape index (κ1) is 19.3. The Morgan fingerprint density at radius 2 is 1.83 bits per heavy atom. The Balaban J connectivity index is 1.75. The van der Waals surface area contributed by atoms with Crippen LogP contribution in [-0.2, 0) is 22.9 Å². The highest BCUT2D eigenvalue weighted by molar-refractivity contribution is 7.92. The van der Waals surface area contributed by atoms with Gasteiger partial charge in [0.05, 0.1) is 23.3 Å². The second-order valence-electron chi connectivity index (χ2n) is 6.94. The highest BCUT2D eigenvalue weighted by Gasteiger charge is 2.22. The summed E-state index contributed by atoms with van der Waals surface area (Å²) in [4.78, 5) is 12.3. The van der Waals surface area contributed by atoms with Gasteiger partial charge in [-0.25, -0.2) is 8.42 Å². The minimum Gasteiger partial charge on any atom is -0.496 e. The summed E-state index contributed by atoms with van der Waals surface area (Å²) in [5, 5.41) is 4.69.